The summed E-state index contributed by atoms with van der Waals surface area (Å²) in [7, 11) is 3.95. The monoisotopic (exact) mass is 202 g/mol. The summed E-state index contributed by atoms with van der Waals surface area (Å²) in [6, 6.07) is 7.75. The summed E-state index contributed by atoms with van der Waals surface area (Å²) >= 11 is 0. The molecule has 0 bridgehead atoms. The van der Waals surface area contributed by atoms with Gasteiger partial charge in [-0.1, -0.05) is 18.2 Å². The summed E-state index contributed by atoms with van der Waals surface area (Å²) in [5, 5.41) is 11.0. The number of benzene rings is 1. The molecular formula is C12H14N2O. The average Bonchev–Trinajstić information content (AvgIpc) is 2.22. The maximum absolute atomic E-state index is 10.0. The van der Waals surface area contributed by atoms with Crippen LogP contribution in [0.15, 0.2) is 30.5 Å². The van der Waals surface area contributed by atoms with Gasteiger partial charge in [-0.25, -0.2) is 0 Å². The number of fused-ring (bicyclic) bond motifs is 1. The standard InChI is InChI=1S/C12H14N2O/c1-14(2)8-10-6-5-9-4-3-7-13-11(9)12(10)15/h3-7,15H,8H2,1-2H3. The van der Waals surface area contributed by atoms with Gasteiger partial charge in [0.1, 0.15) is 11.3 Å². The Morgan fingerprint density at radius 1 is 1.27 bits per heavy atom. The first-order chi connectivity index (χ1) is 7.18. The predicted octanol–water partition coefficient (Wildman–Crippen LogP) is 2.00. The summed E-state index contributed by atoms with van der Waals surface area (Å²) in [6.45, 7) is 0.721. The zero-order valence-electron chi connectivity index (χ0n) is 8.94. The molecule has 0 aliphatic carbocycles. The van der Waals surface area contributed by atoms with Crippen LogP contribution < -0.4 is 0 Å². The molecule has 0 aliphatic rings. The van der Waals surface area contributed by atoms with Crippen LogP contribution in [0.4, 0.5) is 0 Å². The number of pyridine rings is 1. The fourth-order valence-corrected chi connectivity index (χ4v) is 1.64. The van der Waals surface area contributed by atoms with E-state index in [1.807, 2.05) is 43.3 Å². The lowest BCUT2D eigenvalue weighted by atomic mass is 10.1. The Morgan fingerprint density at radius 3 is 2.80 bits per heavy atom. The molecule has 0 spiro atoms. The number of aromatic nitrogens is 1. The number of rotatable bonds is 2. The third-order valence-corrected chi connectivity index (χ3v) is 2.32. The third-order valence-electron chi connectivity index (χ3n) is 2.32. The second-order valence-corrected chi connectivity index (χ2v) is 3.89. The van der Waals surface area contributed by atoms with Crippen LogP contribution in [0, 0.1) is 0 Å². The van der Waals surface area contributed by atoms with Gasteiger partial charge < -0.3 is 10.0 Å². The number of hydrogen-bond donors (Lipinski definition) is 1. The first-order valence-corrected chi connectivity index (χ1v) is 4.89. The molecule has 0 fully saturated rings. The molecule has 1 heterocycles. The van der Waals surface area contributed by atoms with Crippen LogP contribution in [-0.4, -0.2) is 29.1 Å². The van der Waals surface area contributed by atoms with Gasteiger partial charge in [0.15, 0.2) is 0 Å². The molecule has 0 saturated carbocycles. The Balaban J connectivity index is 2.55. The van der Waals surface area contributed by atoms with Crippen molar-refractivity contribution in [1.82, 2.24) is 9.88 Å². The topological polar surface area (TPSA) is 36.4 Å². The molecule has 0 amide bonds. The highest BCUT2D eigenvalue weighted by Crippen LogP contribution is 2.27. The highest BCUT2D eigenvalue weighted by atomic mass is 16.3. The van der Waals surface area contributed by atoms with Gasteiger partial charge in [-0.2, -0.15) is 0 Å². The lowest BCUT2D eigenvalue weighted by Crippen LogP contribution is -2.10. The van der Waals surface area contributed by atoms with Crippen molar-refractivity contribution in [3.05, 3.63) is 36.0 Å². The minimum atomic E-state index is 0.293. The van der Waals surface area contributed by atoms with Gasteiger partial charge in [0.25, 0.3) is 0 Å². The normalized spacial score (nSPS) is 11.1. The number of hydrogen-bond acceptors (Lipinski definition) is 3. The van der Waals surface area contributed by atoms with Gasteiger partial charge in [-0.05, 0) is 20.2 Å². The van der Waals surface area contributed by atoms with Gasteiger partial charge in [0.05, 0.1) is 0 Å². The Kier molecular flexibility index (Phi) is 2.56. The van der Waals surface area contributed by atoms with Crippen LogP contribution in [0.25, 0.3) is 10.9 Å². The van der Waals surface area contributed by atoms with Crippen LogP contribution >= 0.6 is 0 Å². The van der Waals surface area contributed by atoms with E-state index in [0.29, 0.717) is 11.3 Å². The molecule has 0 saturated heterocycles. The molecule has 0 atom stereocenters. The molecule has 0 radical (unpaired) electrons. The summed E-state index contributed by atoms with van der Waals surface area (Å²) in [5.41, 5.74) is 1.59. The summed E-state index contributed by atoms with van der Waals surface area (Å²) in [4.78, 5) is 6.20. The Hall–Kier alpha value is -1.61. The third kappa shape index (κ3) is 1.92. The van der Waals surface area contributed by atoms with Crippen molar-refractivity contribution in [3.8, 4) is 5.75 Å². The van der Waals surface area contributed by atoms with E-state index in [1.54, 1.807) is 6.20 Å². The molecule has 2 aromatic rings. The van der Waals surface area contributed by atoms with Crippen molar-refractivity contribution in [2.24, 2.45) is 0 Å². The van der Waals surface area contributed by atoms with Crippen LogP contribution in [-0.2, 0) is 6.54 Å². The lowest BCUT2D eigenvalue weighted by molar-refractivity contribution is 0.387. The Labute approximate surface area is 89.0 Å². The van der Waals surface area contributed by atoms with E-state index < -0.39 is 0 Å². The van der Waals surface area contributed by atoms with E-state index in [1.165, 1.54) is 0 Å². The van der Waals surface area contributed by atoms with E-state index in [-0.39, 0.29) is 0 Å². The average molecular weight is 202 g/mol. The quantitative estimate of drug-likeness (QED) is 0.809. The Morgan fingerprint density at radius 2 is 2.07 bits per heavy atom. The van der Waals surface area contributed by atoms with Crippen molar-refractivity contribution in [1.29, 1.82) is 0 Å². The first-order valence-electron chi connectivity index (χ1n) is 4.89. The highest BCUT2D eigenvalue weighted by Gasteiger charge is 2.07. The summed E-state index contributed by atoms with van der Waals surface area (Å²) in [5.74, 6) is 0.293. The maximum Gasteiger partial charge on any atom is 0.146 e. The largest absolute Gasteiger partial charge is 0.505 e. The first kappa shape index (κ1) is 9.93. The smallest absolute Gasteiger partial charge is 0.146 e. The predicted molar refractivity (Wildman–Crippen MR) is 60.8 cm³/mol. The van der Waals surface area contributed by atoms with E-state index in [9.17, 15) is 5.11 Å². The van der Waals surface area contributed by atoms with Gasteiger partial charge >= 0.3 is 0 Å². The van der Waals surface area contributed by atoms with Gasteiger partial charge in [-0.15, -0.1) is 0 Å². The molecule has 15 heavy (non-hydrogen) atoms. The fourth-order valence-electron chi connectivity index (χ4n) is 1.64. The molecule has 0 unspecified atom stereocenters. The number of phenols is 1. The minimum absolute atomic E-state index is 0.293. The molecule has 3 nitrogen and oxygen atoms in total. The summed E-state index contributed by atoms with van der Waals surface area (Å²) in [6.07, 6.45) is 1.70. The van der Waals surface area contributed by atoms with Gasteiger partial charge in [0, 0.05) is 23.7 Å². The van der Waals surface area contributed by atoms with Crippen LogP contribution in [0.5, 0.6) is 5.75 Å². The van der Waals surface area contributed by atoms with Crippen molar-refractivity contribution in [2.45, 2.75) is 6.54 Å². The lowest BCUT2D eigenvalue weighted by Gasteiger charge is -2.12. The number of phenolic OH excluding ortho intramolecular Hbond substituents is 1. The van der Waals surface area contributed by atoms with E-state index >= 15 is 0 Å². The SMILES string of the molecule is CN(C)Cc1ccc2cccnc2c1O. The zero-order chi connectivity index (χ0) is 10.8. The molecule has 3 heteroatoms. The van der Waals surface area contributed by atoms with E-state index in [0.717, 1.165) is 17.5 Å². The van der Waals surface area contributed by atoms with Crippen molar-refractivity contribution < 1.29 is 5.11 Å². The molecule has 1 aromatic carbocycles. The van der Waals surface area contributed by atoms with Crippen LogP contribution in [0.1, 0.15) is 5.56 Å². The number of nitrogens with zero attached hydrogens (tertiary/aromatic N) is 2. The maximum atomic E-state index is 10.0. The van der Waals surface area contributed by atoms with E-state index in [4.69, 9.17) is 0 Å². The molecule has 1 N–H and O–H groups in total. The van der Waals surface area contributed by atoms with E-state index in [2.05, 4.69) is 4.98 Å². The van der Waals surface area contributed by atoms with Crippen LogP contribution in [0.3, 0.4) is 0 Å². The molecule has 78 valence electrons. The molecular weight excluding hydrogens is 188 g/mol. The zero-order valence-corrected chi connectivity index (χ0v) is 8.94. The molecule has 1 aromatic heterocycles. The number of aromatic hydroxyl groups is 1. The minimum Gasteiger partial charge on any atom is -0.505 e. The second kappa shape index (κ2) is 3.87. The van der Waals surface area contributed by atoms with Gasteiger partial charge in [-0.3, -0.25) is 4.98 Å². The Bertz CT molecular complexity index is 480. The van der Waals surface area contributed by atoms with Crippen molar-refractivity contribution >= 4 is 10.9 Å². The van der Waals surface area contributed by atoms with Gasteiger partial charge in [0.2, 0.25) is 0 Å². The highest BCUT2D eigenvalue weighted by molar-refractivity contribution is 5.85. The second-order valence-electron chi connectivity index (χ2n) is 3.89. The fraction of sp³-hybridized carbons (Fsp3) is 0.250. The summed E-state index contributed by atoms with van der Waals surface area (Å²) < 4.78 is 0. The van der Waals surface area contributed by atoms with Crippen molar-refractivity contribution in [3.63, 3.8) is 0 Å². The molecule has 0 aliphatic heterocycles. The van der Waals surface area contributed by atoms with Crippen LogP contribution in [0.2, 0.25) is 0 Å². The van der Waals surface area contributed by atoms with Crippen molar-refractivity contribution in [2.75, 3.05) is 14.1 Å². The molecule has 2 rings (SSSR count).